The quantitative estimate of drug-likeness (QED) is 0.164. The van der Waals surface area contributed by atoms with Crippen LogP contribution >= 0.6 is 0 Å². The largest absolute Gasteiger partial charge is 0.377 e. The van der Waals surface area contributed by atoms with E-state index in [0.717, 1.165) is 65.6 Å². The van der Waals surface area contributed by atoms with Crippen LogP contribution in [0.25, 0.3) is 10.9 Å². The molecule has 4 N–H and O–H groups in total. The second kappa shape index (κ2) is 11.0. The Morgan fingerprint density at radius 3 is 2.50 bits per heavy atom. The molecule has 0 bridgehead atoms. The van der Waals surface area contributed by atoms with Crippen molar-refractivity contribution in [3.63, 3.8) is 0 Å². The van der Waals surface area contributed by atoms with Crippen LogP contribution in [0, 0.1) is 17.1 Å². The summed E-state index contributed by atoms with van der Waals surface area (Å²) in [6.45, 7) is 2.15. The van der Waals surface area contributed by atoms with Crippen LogP contribution in [0.5, 0.6) is 0 Å². The molecule has 212 valence electrons. The third-order valence-electron chi connectivity index (χ3n) is 8.44. The van der Waals surface area contributed by atoms with E-state index in [9.17, 15) is 9.65 Å². The van der Waals surface area contributed by atoms with Gasteiger partial charge in [-0.1, -0.05) is 49.4 Å². The predicted molar refractivity (Wildman–Crippen MR) is 164 cm³/mol. The van der Waals surface area contributed by atoms with E-state index < -0.39 is 0 Å². The summed E-state index contributed by atoms with van der Waals surface area (Å²) < 4.78 is 13.9. The maximum absolute atomic E-state index is 13.9. The Kier molecular flexibility index (Phi) is 6.88. The molecule has 0 spiro atoms. The normalized spacial score (nSPS) is 17.7. The van der Waals surface area contributed by atoms with Gasteiger partial charge in [-0.15, -0.1) is 5.53 Å². The van der Waals surface area contributed by atoms with Crippen molar-refractivity contribution >= 4 is 22.3 Å². The van der Waals surface area contributed by atoms with E-state index in [1.54, 1.807) is 6.20 Å². The summed E-state index contributed by atoms with van der Waals surface area (Å²) in [5, 5.41) is 20.6. The maximum Gasteiger partial charge on any atom is 0.123 e. The molecule has 7 rings (SSSR count). The molecular formula is C34H34FN7. The van der Waals surface area contributed by atoms with E-state index >= 15 is 0 Å². The van der Waals surface area contributed by atoms with Gasteiger partial charge in [-0.25, -0.2) is 4.39 Å². The number of aromatic nitrogens is 1. The second-order valence-electron chi connectivity index (χ2n) is 11.5. The Hall–Kier alpha value is -4.61. The average molecular weight is 560 g/mol. The summed E-state index contributed by atoms with van der Waals surface area (Å²) in [7, 11) is 0. The summed E-state index contributed by atoms with van der Waals surface area (Å²) in [6.07, 6.45) is 9.24. The van der Waals surface area contributed by atoms with Crippen molar-refractivity contribution in [3.8, 4) is 6.07 Å². The van der Waals surface area contributed by atoms with E-state index in [-0.39, 0.29) is 17.9 Å². The van der Waals surface area contributed by atoms with Gasteiger partial charge in [0.1, 0.15) is 11.9 Å². The van der Waals surface area contributed by atoms with E-state index in [0.29, 0.717) is 17.5 Å². The predicted octanol–water partition coefficient (Wildman–Crippen LogP) is 7.17. The van der Waals surface area contributed by atoms with Crippen molar-refractivity contribution in [2.45, 2.75) is 63.1 Å². The summed E-state index contributed by atoms with van der Waals surface area (Å²) in [6, 6.07) is 24.0. The highest BCUT2D eigenvalue weighted by molar-refractivity contribution is 5.98. The molecule has 4 aromatic rings. The van der Waals surface area contributed by atoms with Gasteiger partial charge in [0.15, 0.2) is 0 Å². The number of halogens is 1. The summed E-state index contributed by atoms with van der Waals surface area (Å²) in [5.74, 6) is 0.179. The third-order valence-corrected chi connectivity index (χ3v) is 8.44. The molecule has 2 heterocycles. The monoisotopic (exact) mass is 559 g/mol. The Morgan fingerprint density at radius 1 is 1.02 bits per heavy atom. The van der Waals surface area contributed by atoms with Crippen molar-refractivity contribution in [1.29, 1.82) is 5.26 Å². The van der Waals surface area contributed by atoms with Crippen LogP contribution in [0.1, 0.15) is 79.3 Å². The number of rotatable bonds is 10. The van der Waals surface area contributed by atoms with Crippen LogP contribution in [0.4, 0.5) is 15.8 Å². The first-order valence-electron chi connectivity index (χ1n) is 14.8. The molecule has 1 aliphatic heterocycles. The Labute approximate surface area is 245 Å². The number of pyridine rings is 1. The smallest absolute Gasteiger partial charge is 0.123 e. The van der Waals surface area contributed by atoms with Gasteiger partial charge in [0.05, 0.1) is 34.5 Å². The molecule has 1 unspecified atom stereocenters. The molecule has 0 amide bonds. The lowest BCUT2D eigenvalue weighted by Crippen LogP contribution is -2.38. The highest BCUT2D eigenvalue weighted by Gasteiger charge is 2.33. The lowest BCUT2D eigenvalue weighted by Gasteiger charge is -2.24. The van der Waals surface area contributed by atoms with Crippen molar-refractivity contribution in [1.82, 2.24) is 21.0 Å². The van der Waals surface area contributed by atoms with Crippen LogP contribution in [-0.4, -0.2) is 16.0 Å². The van der Waals surface area contributed by atoms with Crippen LogP contribution in [0.15, 0.2) is 84.8 Å². The number of hydrogen-bond acceptors (Lipinski definition) is 7. The molecule has 0 radical (unpaired) electrons. The Balaban J connectivity index is 1.32. The molecule has 2 atom stereocenters. The standard InChI is InChI=1S/C34H34FN7/c1-2-30(22-6-4-3-5-7-22)39-32-24(18-36)19-37-34-28(21-8-9-21)16-26(17-29(32)34)38-33(23-10-12-25(35)13-11-23)31-20-42(41-40-31)27-14-15-27/h3-7,10-13,16-17,19-21,27,30,33,38,40-41H,2,8-9,14-15H2,1H3,(H,37,39)/t30-,33?/m1/s1. The first-order valence-corrected chi connectivity index (χ1v) is 14.8. The summed E-state index contributed by atoms with van der Waals surface area (Å²) in [5.41, 5.74) is 14.1. The van der Waals surface area contributed by atoms with Crippen LogP contribution in [0.2, 0.25) is 0 Å². The van der Waals surface area contributed by atoms with Gasteiger partial charge in [0, 0.05) is 29.5 Å². The highest BCUT2D eigenvalue weighted by Crippen LogP contribution is 2.46. The van der Waals surface area contributed by atoms with Gasteiger partial charge in [0.25, 0.3) is 0 Å². The Bertz CT molecular complexity index is 1670. The fraction of sp³-hybridized carbons (Fsp3) is 0.294. The second-order valence-corrected chi connectivity index (χ2v) is 11.5. The van der Waals surface area contributed by atoms with E-state index in [4.69, 9.17) is 4.98 Å². The molecule has 0 saturated heterocycles. The van der Waals surface area contributed by atoms with Crippen molar-refractivity contribution < 1.29 is 4.39 Å². The first kappa shape index (κ1) is 26.3. The molecule has 2 fully saturated rings. The average Bonchev–Trinajstić information content (AvgIpc) is 3.98. The number of nitrogens with one attached hydrogen (secondary N) is 4. The fourth-order valence-corrected chi connectivity index (χ4v) is 5.84. The minimum absolute atomic E-state index is 0.0455. The molecular weight excluding hydrogens is 525 g/mol. The van der Waals surface area contributed by atoms with Crippen molar-refractivity contribution in [3.05, 3.63) is 113 Å². The summed E-state index contributed by atoms with van der Waals surface area (Å²) in [4.78, 5) is 4.81. The zero-order chi connectivity index (χ0) is 28.6. The lowest BCUT2D eigenvalue weighted by molar-refractivity contribution is 0.260. The van der Waals surface area contributed by atoms with Crippen LogP contribution in [-0.2, 0) is 0 Å². The highest BCUT2D eigenvalue weighted by atomic mass is 19.1. The molecule has 3 aromatic carbocycles. The molecule has 2 saturated carbocycles. The van der Waals surface area contributed by atoms with Gasteiger partial charge in [-0.2, -0.15) is 5.26 Å². The number of benzene rings is 3. The zero-order valence-electron chi connectivity index (χ0n) is 23.6. The number of nitriles is 1. The minimum atomic E-state index is -0.264. The topological polar surface area (TPSA) is 88.0 Å². The van der Waals surface area contributed by atoms with Crippen LogP contribution in [0.3, 0.4) is 0 Å². The van der Waals surface area contributed by atoms with E-state index in [1.807, 2.05) is 30.3 Å². The van der Waals surface area contributed by atoms with Crippen molar-refractivity contribution in [2.24, 2.45) is 0 Å². The minimum Gasteiger partial charge on any atom is -0.377 e. The first-order chi connectivity index (χ1) is 20.6. The number of anilines is 2. The number of nitrogens with zero attached hydrogens (tertiary/aromatic N) is 3. The zero-order valence-corrected chi connectivity index (χ0v) is 23.6. The van der Waals surface area contributed by atoms with Gasteiger partial charge in [-0.3, -0.25) is 9.99 Å². The van der Waals surface area contributed by atoms with E-state index in [2.05, 4.69) is 70.1 Å². The Morgan fingerprint density at radius 2 is 1.81 bits per heavy atom. The van der Waals surface area contributed by atoms with E-state index in [1.165, 1.54) is 23.3 Å². The van der Waals surface area contributed by atoms with Crippen molar-refractivity contribution in [2.75, 3.05) is 10.6 Å². The SMILES string of the molecule is CC[C@@H](Nc1c(C#N)cnc2c(C3CC3)cc(NC(C3=CN(C4CC4)NN3)c3ccc(F)cc3)cc12)c1ccccc1. The van der Waals surface area contributed by atoms with Gasteiger partial charge < -0.3 is 16.1 Å². The molecule has 8 heteroatoms. The van der Waals surface area contributed by atoms with Crippen LogP contribution < -0.4 is 21.6 Å². The summed E-state index contributed by atoms with van der Waals surface area (Å²) >= 11 is 0. The number of hydrogen-bond donors (Lipinski definition) is 4. The maximum atomic E-state index is 13.9. The van der Waals surface area contributed by atoms with Gasteiger partial charge >= 0.3 is 0 Å². The fourth-order valence-electron chi connectivity index (χ4n) is 5.84. The van der Waals surface area contributed by atoms with Gasteiger partial charge in [-0.05, 0) is 79.0 Å². The molecule has 7 nitrogen and oxygen atoms in total. The number of fused-ring (bicyclic) bond motifs is 1. The molecule has 3 aliphatic rings. The lowest BCUT2D eigenvalue weighted by atomic mass is 9.98. The third kappa shape index (κ3) is 5.24. The van der Waals surface area contributed by atoms with Gasteiger partial charge in [0.2, 0.25) is 0 Å². The molecule has 42 heavy (non-hydrogen) atoms. The molecule has 2 aliphatic carbocycles. The molecule has 1 aromatic heterocycles. The number of hydrazine groups is 2.